The van der Waals surface area contributed by atoms with Gasteiger partial charge in [0.05, 0.1) is 15.1 Å². The molecule has 20 heavy (non-hydrogen) atoms. The predicted octanol–water partition coefficient (Wildman–Crippen LogP) is 4.38. The minimum atomic E-state index is -0.454. The van der Waals surface area contributed by atoms with E-state index in [0.29, 0.717) is 15.8 Å². The fourth-order valence-corrected chi connectivity index (χ4v) is 2.35. The van der Waals surface area contributed by atoms with Crippen LogP contribution in [0.25, 0.3) is 0 Å². The Kier molecular flexibility index (Phi) is 4.30. The van der Waals surface area contributed by atoms with Gasteiger partial charge in [-0.25, -0.2) is 4.39 Å². The number of hydrogen-bond acceptors (Lipinski definition) is 2. The molecule has 0 aliphatic heterocycles. The third kappa shape index (κ3) is 3.11. The zero-order valence-corrected chi connectivity index (χ0v) is 12.8. The summed E-state index contributed by atoms with van der Waals surface area (Å²) in [5.41, 5.74) is 7.41. The van der Waals surface area contributed by atoms with Crippen molar-refractivity contribution in [2.45, 2.75) is 6.92 Å². The van der Waals surface area contributed by atoms with E-state index in [9.17, 15) is 9.18 Å². The van der Waals surface area contributed by atoms with Gasteiger partial charge >= 0.3 is 0 Å². The van der Waals surface area contributed by atoms with Crippen molar-refractivity contribution in [1.82, 2.24) is 0 Å². The molecule has 3 nitrogen and oxygen atoms in total. The third-order valence-electron chi connectivity index (χ3n) is 2.75. The molecule has 0 bridgehead atoms. The maximum Gasteiger partial charge on any atom is 0.257 e. The lowest BCUT2D eigenvalue weighted by molar-refractivity contribution is 0.102. The van der Waals surface area contributed by atoms with Gasteiger partial charge in [-0.3, -0.25) is 4.79 Å². The second-order valence-corrected chi connectivity index (χ2v) is 5.54. The number of nitrogens with one attached hydrogen (secondary N) is 1. The van der Waals surface area contributed by atoms with Gasteiger partial charge in [0.25, 0.3) is 5.91 Å². The first kappa shape index (κ1) is 14.8. The van der Waals surface area contributed by atoms with Gasteiger partial charge in [-0.05, 0) is 58.7 Å². The molecule has 0 atom stereocenters. The highest BCUT2D eigenvalue weighted by Gasteiger charge is 2.13. The van der Waals surface area contributed by atoms with Crippen molar-refractivity contribution in [3.63, 3.8) is 0 Å². The topological polar surface area (TPSA) is 55.1 Å². The quantitative estimate of drug-likeness (QED) is 0.783. The number of nitrogen functional groups attached to an aromatic ring is 1. The summed E-state index contributed by atoms with van der Waals surface area (Å²) < 4.78 is 13.9. The number of aryl methyl sites for hydroxylation is 1. The highest BCUT2D eigenvalue weighted by Crippen LogP contribution is 2.26. The number of nitrogens with two attached hydrogens (primary N) is 1. The molecule has 0 saturated heterocycles. The van der Waals surface area contributed by atoms with E-state index >= 15 is 0 Å². The van der Waals surface area contributed by atoms with E-state index in [1.54, 1.807) is 25.1 Å². The average molecular weight is 358 g/mol. The van der Waals surface area contributed by atoms with Gasteiger partial charge in [0.2, 0.25) is 0 Å². The van der Waals surface area contributed by atoms with Crippen molar-refractivity contribution in [2.75, 3.05) is 11.1 Å². The van der Waals surface area contributed by atoms with Crippen molar-refractivity contribution >= 4 is 44.8 Å². The van der Waals surface area contributed by atoms with Gasteiger partial charge in [0.1, 0.15) is 5.82 Å². The molecule has 0 aliphatic rings. The zero-order valence-electron chi connectivity index (χ0n) is 10.5. The molecule has 0 aromatic heterocycles. The molecule has 104 valence electrons. The lowest BCUT2D eigenvalue weighted by Gasteiger charge is -2.11. The van der Waals surface area contributed by atoms with Crippen molar-refractivity contribution < 1.29 is 9.18 Å². The summed E-state index contributed by atoms with van der Waals surface area (Å²) in [6, 6.07) is 7.45. The lowest BCUT2D eigenvalue weighted by Crippen LogP contribution is -2.14. The molecule has 0 heterocycles. The Morgan fingerprint density at radius 3 is 2.75 bits per heavy atom. The molecule has 0 fully saturated rings. The number of carbonyl (C=O) groups is 1. The average Bonchev–Trinajstić information content (AvgIpc) is 2.38. The molecule has 0 radical (unpaired) electrons. The van der Waals surface area contributed by atoms with E-state index in [0.717, 1.165) is 5.56 Å². The number of rotatable bonds is 2. The summed E-state index contributed by atoms with van der Waals surface area (Å²) in [4.78, 5) is 12.2. The fourth-order valence-electron chi connectivity index (χ4n) is 1.69. The maximum absolute atomic E-state index is 13.5. The Morgan fingerprint density at radius 2 is 2.05 bits per heavy atom. The molecule has 0 spiro atoms. The van der Waals surface area contributed by atoms with Crippen LogP contribution in [0.5, 0.6) is 0 Å². The third-order valence-corrected chi connectivity index (χ3v) is 3.69. The molecular formula is C14H11BrClFN2O. The minimum Gasteiger partial charge on any atom is -0.399 e. The van der Waals surface area contributed by atoms with E-state index in [1.165, 1.54) is 12.1 Å². The van der Waals surface area contributed by atoms with Crippen LogP contribution in [0.15, 0.2) is 34.8 Å². The molecule has 1 amide bonds. The van der Waals surface area contributed by atoms with Gasteiger partial charge in [-0.1, -0.05) is 11.6 Å². The normalized spacial score (nSPS) is 10.4. The number of amides is 1. The monoisotopic (exact) mass is 356 g/mol. The van der Waals surface area contributed by atoms with Crippen molar-refractivity contribution in [1.29, 1.82) is 0 Å². The first-order chi connectivity index (χ1) is 9.38. The van der Waals surface area contributed by atoms with E-state index < -0.39 is 11.7 Å². The molecule has 2 rings (SSSR count). The zero-order chi connectivity index (χ0) is 14.9. The van der Waals surface area contributed by atoms with Crippen LogP contribution in [0.4, 0.5) is 15.8 Å². The van der Waals surface area contributed by atoms with E-state index in [2.05, 4.69) is 21.2 Å². The standard InChI is InChI=1S/C14H11BrClFN2O/c1-7-4-10(15)12(17)6-13(7)19-14(20)9-5-8(18)2-3-11(9)16/h2-6H,18H2,1H3,(H,19,20). The summed E-state index contributed by atoms with van der Waals surface area (Å²) in [5, 5.41) is 2.91. The van der Waals surface area contributed by atoms with E-state index in [1.807, 2.05) is 0 Å². The van der Waals surface area contributed by atoms with Crippen LogP contribution in [-0.4, -0.2) is 5.91 Å². The smallest absolute Gasteiger partial charge is 0.257 e. The first-order valence-corrected chi connectivity index (χ1v) is 6.87. The molecule has 0 saturated carbocycles. The summed E-state index contributed by atoms with van der Waals surface area (Å²) in [6.07, 6.45) is 0. The lowest BCUT2D eigenvalue weighted by atomic mass is 10.1. The van der Waals surface area contributed by atoms with Crippen LogP contribution >= 0.6 is 27.5 Å². The van der Waals surface area contributed by atoms with Gasteiger partial charge in [0, 0.05) is 11.4 Å². The Hall–Kier alpha value is -1.59. The molecule has 0 aliphatic carbocycles. The van der Waals surface area contributed by atoms with Crippen LogP contribution in [-0.2, 0) is 0 Å². The highest BCUT2D eigenvalue weighted by atomic mass is 79.9. The summed E-state index contributed by atoms with van der Waals surface area (Å²) in [5.74, 6) is -0.892. The predicted molar refractivity (Wildman–Crippen MR) is 82.7 cm³/mol. The molecule has 2 aromatic carbocycles. The largest absolute Gasteiger partial charge is 0.399 e. The fraction of sp³-hybridized carbons (Fsp3) is 0.0714. The Bertz CT molecular complexity index is 691. The minimum absolute atomic E-state index is 0.245. The van der Waals surface area contributed by atoms with Crippen molar-refractivity contribution in [3.05, 3.63) is 56.8 Å². The number of anilines is 2. The van der Waals surface area contributed by atoms with Gasteiger partial charge in [0.15, 0.2) is 0 Å². The van der Waals surface area contributed by atoms with Crippen LogP contribution in [0.3, 0.4) is 0 Å². The molecule has 6 heteroatoms. The maximum atomic E-state index is 13.5. The number of hydrogen-bond donors (Lipinski definition) is 2. The first-order valence-electron chi connectivity index (χ1n) is 5.70. The number of halogens is 3. The Labute approximate surface area is 129 Å². The molecule has 2 aromatic rings. The van der Waals surface area contributed by atoms with Crippen molar-refractivity contribution in [2.24, 2.45) is 0 Å². The summed E-state index contributed by atoms with van der Waals surface area (Å²) >= 11 is 9.04. The summed E-state index contributed by atoms with van der Waals surface area (Å²) in [7, 11) is 0. The van der Waals surface area contributed by atoms with Crippen LogP contribution in [0, 0.1) is 12.7 Å². The Balaban J connectivity index is 2.32. The van der Waals surface area contributed by atoms with Crippen molar-refractivity contribution in [3.8, 4) is 0 Å². The second-order valence-electron chi connectivity index (χ2n) is 4.27. The van der Waals surface area contributed by atoms with Crippen LogP contribution in [0.2, 0.25) is 5.02 Å². The SMILES string of the molecule is Cc1cc(Br)c(F)cc1NC(=O)c1cc(N)ccc1Cl. The number of benzene rings is 2. The highest BCUT2D eigenvalue weighted by molar-refractivity contribution is 9.10. The van der Waals surface area contributed by atoms with E-state index in [-0.39, 0.29) is 10.6 Å². The van der Waals surface area contributed by atoms with E-state index in [4.69, 9.17) is 17.3 Å². The number of carbonyl (C=O) groups excluding carboxylic acids is 1. The van der Waals surface area contributed by atoms with Gasteiger partial charge < -0.3 is 11.1 Å². The molecule has 3 N–H and O–H groups in total. The van der Waals surface area contributed by atoms with Crippen LogP contribution in [0.1, 0.15) is 15.9 Å². The summed E-state index contributed by atoms with van der Waals surface area (Å²) in [6.45, 7) is 1.76. The van der Waals surface area contributed by atoms with Crippen LogP contribution < -0.4 is 11.1 Å². The molecular weight excluding hydrogens is 347 g/mol. The Morgan fingerprint density at radius 1 is 1.35 bits per heavy atom. The van der Waals surface area contributed by atoms with Gasteiger partial charge in [-0.2, -0.15) is 0 Å². The van der Waals surface area contributed by atoms with Gasteiger partial charge in [-0.15, -0.1) is 0 Å². The second kappa shape index (κ2) is 5.81. The molecule has 0 unspecified atom stereocenters.